The molecule has 0 aliphatic carbocycles. The number of carbonyl (C=O) groups excluding carboxylic acids is 1. The van der Waals surface area contributed by atoms with Crippen molar-refractivity contribution in [1.29, 1.82) is 0 Å². The predicted octanol–water partition coefficient (Wildman–Crippen LogP) is 3.68. The summed E-state index contributed by atoms with van der Waals surface area (Å²) >= 11 is 5.93. The number of rotatable bonds is 5. The van der Waals surface area contributed by atoms with Gasteiger partial charge in [-0.3, -0.25) is 4.79 Å². The van der Waals surface area contributed by atoms with Crippen LogP contribution in [0.1, 0.15) is 23.0 Å². The summed E-state index contributed by atoms with van der Waals surface area (Å²) in [4.78, 5) is 26.4. The number of aromatic nitrogens is 1. The number of carboxylic acids is 1. The molecule has 0 aliphatic heterocycles. The molecule has 2 N–H and O–H groups in total. The second kappa shape index (κ2) is 7.43. The highest BCUT2D eigenvalue weighted by molar-refractivity contribution is 6.36. The Kier molecular flexibility index (Phi) is 5.53. The summed E-state index contributed by atoms with van der Waals surface area (Å²) in [5.41, 5.74) is -0.829. The molecule has 2 rings (SSSR count). The van der Waals surface area contributed by atoms with Gasteiger partial charge in [0.2, 0.25) is 5.91 Å². The van der Waals surface area contributed by atoms with E-state index in [-0.39, 0.29) is 33.3 Å². The van der Waals surface area contributed by atoms with Gasteiger partial charge in [0.1, 0.15) is 6.67 Å². The van der Waals surface area contributed by atoms with Crippen LogP contribution in [0.25, 0.3) is 11.3 Å². The average Bonchev–Trinajstić information content (AvgIpc) is 2.55. The first-order chi connectivity index (χ1) is 11.8. The highest BCUT2D eigenvalue weighted by Crippen LogP contribution is 2.35. The summed E-state index contributed by atoms with van der Waals surface area (Å²) in [6.07, 6.45) is 0. The summed E-state index contributed by atoms with van der Waals surface area (Å²) in [5, 5.41) is 11.3. The van der Waals surface area contributed by atoms with Gasteiger partial charge >= 0.3 is 5.97 Å². The van der Waals surface area contributed by atoms with Gasteiger partial charge in [0.05, 0.1) is 23.5 Å². The maximum atomic E-state index is 14.6. The zero-order valence-corrected chi connectivity index (χ0v) is 13.9. The van der Waals surface area contributed by atoms with Crippen molar-refractivity contribution in [2.24, 2.45) is 0 Å². The minimum Gasteiger partial charge on any atom is -0.493 e. The fourth-order valence-corrected chi connectivity index (χ4v) is 2.43. The molecule has 0 fully saturated rings. The van der Waals surface area contributed by atoms with Crippen molar-refractivity contribution in [3.05, 3.63) is 40.3 Å². The maximum Gasteiger partial charge on any atom is 0.356 e. The number of ether oxygens (including phenoxy) is 1. The molecule has 1 amide bonds. The summed E-state index contributed by atoms with van der Waals surface area (Å²) in [5.74, 6) is -3.17. The molecule has 1 aromatic heterocycles. The fraction of sp³-hybridized carbons (Fsp3) is 0.188. The number of alkyl halides is 1. The van der Waals surface area contributed by atoms with Gasteiger partial charge in [-0.25, -0.2) is 18.6 Å². The number of carbonyl (C=O) groups is 2. The molecule has 25 heavy (non-hydrogen) atoms. The smallest absolute Gasteiger partial charge is 0.356 e. The number of hydrogen-bond acceptors (Lipinski definition) is 4. The van der Waals surface area contributed by atoms with Crippen molar-refractivity contribution in [3.8, 4) is 17.0 Å². The Balaban J connectivity index is 2.73. The molecule has 0 radical (unpaired) electrons. The maximum absolute atomic E-state index is 14.6. The topological polar surface area (TPSA) is 88.5 Å². The lowest BCUT2D eigenvalue weighted by atomic mass is 10.1. The third kappa shape index (κ3) is 3.69. The van der Waals surface area contributed by atoms with E-state index in [1.165, 1.54) is 32.2 Å². The Morgan fingerprint density at radius 3 is 2.60 bits per heavy atom. The van der Waals surface area contributed by atoms with Crippen LogP contribution in [0, 0.1) is 5.82 Å². The molecule has 132 valence electrons. The van der Waals surface area contributed by atoms with Gasteiger partial charge in [-0.15, -0.1) is 0 Å². The Morgan fingerprint density at radius 2 is 2.08 bits per heavy atom. The van der Waals surface area contributed by atoms with Crippen molar-refractivity contribution in [1.82, 2.24) is 4.98 Å². The number of nitrogens with zero attached hydrogens (tertiary/aromatic N) is 1. The molecule has 9 heteroatoms. The molecule has 0 saturated heterocycles. The van der Waals surface area contributed by atoms with Gasteiger partial charge in [-0.05, 0) is 12.1 Å². The summed E-state index contributed by atoms with van der Waals surface area (Å²) < 4.78 is 32.4. The molecule has 1 heterocycles. The number of carboxylic acid groups (broad SMARTS) is 1. The van der Waals surface area contributed by atoms with Crippen molar-refractivity contribution in [3.63, 3.8) is 0 Å². The van der Waals surface area contributed by atoms with Crippen molar-refractivity contribution in [2.45, 2.75) is 13.6 Å². The van der Waals surface area contributed by atoms with Gasteiger partial charge in [-0.2, -0.15) is 0 Å². The standard InChI is InChI=1S/C16H13ClF2N2O4/c1-7(22)20-11-5-10(21-14(12(11)17)16(23)24)9-4-3-8(6-18)15(25-2)13(9)19/h3-5H,6H2,1-2H3,(H,23,24)(H,20,21,22). The molecule has 0 saturated carbocycles. The highest BCUT2D eigenvalue weighted by Gasteiger charge is 2.22. The second-order valence-electron chi connectivity index (χ2n) is 4.96. The molecular weight excluding hydrogens is 358 g/mol. The number of nitrogens with one attached hydrogen (secondary N) is 1. The van der Waals surface area contributed by atoms with Crippen LogP contribution in [0.15, 0.2) is 18.2 Å². The first-order valence-corrected chi connectivity index (χ1v) is 7.31. The Labute approximate surface area is 146 Å². The fourth-order valence-electron chi connectivity index (χ4n) is 2.21. The van der Waals surface area contributed by atoms with E-state index >= 15 is 0 Å². The van der Waals surface area contributed by atoms with Crippen LogP contribution in [-0.4, -0.2) is 29.1 Å². The number of halogens is 3. The van der Waals surface area contributed by atoms with Gasteiger partial charge in [0.25, 0.3) is 0 Å². The van der Waals surface area contributed by atoms with Gasteiger partial charge in [-0.1, -0.05) is 17.7 Å². The van der Waals surface area contributed by atoms with Crippen LogP contribution < -0.4 is 10.1 Å². The average molecular weight is 371 g/mol. The van der Waals surface area contributed by atoms with E-state index in [0.29, 0.717) is 0 Å². The first kappa shape index (κ1) is 18.6. The number of aromatic carboxylic acids is 1. The molecule has 0 aliphatic rings. The second-order valence-corrected chi connectivity index (χ2v) is 5.34. The number of benzene rings is 1. The van der Waals surface area contributed by atoms with Gasteiger partial charge < -0.3 is 15.2 Å². The van der Waals surface area contributed by atoms with Crippen LogP contribution in [-0.2, 0) is 11.5 Å². The largest absolute Gasteiger partial charge is 0.493 e. The lowest BCUT2D eigenvalue weighted by Crippen LogP contribution is -2.11. The molecule has 0 unspecified atom stereocenters. The van der Waals surface area contributed by atoms with Crippen molar-refractivity contribution in [2.75, 3.05) is 12.4 Å². The number of amides is 1. The highest BCUT2D eigenvalue weighted by atomic mass is 35.5. The number of pyridine rings is 1. The Morgan fingerprint density at radius 1 is 1.40 bits per heavy atom. The monoisotopic (exact) mass is 370 g/mol. The molecular formula is C16H13ClF2N2O4. The number of anilines is 1. The van der Waals surface area contributed by atoms with E-state index < -0.39 is 30.1 Å². The Bertz CT molecular complexity index is 859. The van der Waals surface area contributed by atoms with Crippen LogP contribution in [0.5, 0.6) is 5.75 Å². The van der Waals surface area contributed by atoms with Gasteiger partial charge in [0, 0.05) is 18.1 Å². The summed E-state index contributed by atoms with van der Waals surface area (Å²) in [6.45, 7) is 0.266. The first-order valence-electron chi connectivity index (χ1n) is 6.93. The van der Waals surface area contributed by atoms with E-state index in [1.807, 2.05) is 0 Å². The molecule has 0 spiro atoms. The summed E-state index contributed by atoms with van der Waals surface area (Å²) in [6, 6.07) is 3.77. The summed E-state index contributed by atoms with van der Waals surface area (Å²) in [7, 11) is 1.18. The lowest BCUT2D eigenvalue weighted by molar-refractivity contribution is -0.114. The number of hydrogen-bond donors (Lipinski definition) is 2. The SMILES string of the molecule is COc1c(CF)ccc(-c2cc(NC(C)=O)c(Cl)c(C(=O)O)n2)c1F. The molecule has 2 aromatic rings. The van der Waals surface area contributed by atoms with E-state index in [9.17, 15) is 23.5 Å². The quantitative estimate of drug-likeness (QED) is 0.838. The van der Waals surface area contributed by atoms with Crippen LogP contribution in [0.3, 0.4) is 0 Å². The minimum absolute atomic E-state index is 0.00161. The van der Waals surface area contributed by atoms with Crippen molar-refractivity contribution >= 4 is 29.2 Å². The zero-order valence-electron chi connectivity index (χ0n) is 13.2. The predicted molar refractivity (Wildman–Crippen MR) is 87.3 cm³/mol. The molecule has 1 aromatic carbocycles. The minimum atomic E-state index is -1.45. The van der Waals surface area contributed by atoms with E-state index in [0.717, 1.165) is 0 Å². The van der Waals surface area contributed by atoms with Crippen LogP contribution in [0.4, 0.5) is 14.5 Å². The Hall–Kier alpha value is -2.74. The molecule has 0 bridgehead atoms. The van der Waals surface area contributed by atoms with E-state index in [4.69, 9.17) is 16.3 Å². The third-order valence-corrected chi connectivity index (χ3v) is 3.66. The van der Waals surface area contributed by atoms with Crippen LogP contribution >= 0.6 is 11.6 Å². The number of methoxy groups -OCH3 is 1. The molecule has 0 atom stereocenters. The van der Waals surface area contributed by atoms with Crippen molar-refractivity contribution < 1.29 is 28.2 Å². The normalized spacial score (nSPS) is 10.4. The lowest BCUT2D eigenvalue weighted by Gasteiger charge is -2.13. The zero-order chi connectivity index (χ0) is 18.7. The van der Waals surface area contributed by atoms with E-state index in [2.05, 4.69) is 10.3 Å². The third-order valence-electron chi connectivity index (χ3n) is 3.27. The van der Waals surface area contributed by atoms with Crippen LogP contribution in [0.2, 0.25) is 5.02 Å². The molecule has 6 nitrogen and oxygen atoms in total. The van der Waals surface area contributed by atoms with E-state index in [1.54, 1.807) is 0 Å². The van der Waals surface area contributed by atoms with Gasteiger partial charge in [0.15, 0.2) is 17.3 Å².